The maximum atomic E-state index is 5.71. The molecule has 20 heavy (non-hydrogen) atoms. The number of fused-ring (bicyclic) bond motifs is 1. The van der Waals surface area contributed by atoms with Gasteiger partial charge in [-0.25, -0.2) is 0 Å². The van der Waals surface area contributed by atoms with Gasteiger partial charge in [0.15, 0.2) is 0 Å². The van der Waals surface area contributed by atoms with Gasteiger partial charge in [0.25, 0.3) is 0 Å². The van der Waals surface area contributed by atoms with Gasteiger partial charge in [-0.3, -0.25) is 0 Å². The van der Waals surface area contributed by atoms with Crippen molar-refractivity contribution in [1.29, 1.82) is 0 Å². The van der Waals surface area contributed by atoms with E-state index in [1.807, 2.05) is 12.1 Å². The van der Waals surface area contributed by atoms with Crippen molar-refractivity contribution in [2.45, 2.75) is 32.2 Å². The zero-order valence-corrected chi connectivity index (χ0v) is 12.6. The van der Waals surface area contributed by atoms with Crippen molar-refractivity contribution in [2.24, 2.45) is 0 Å². The standard InChI is InChI=1S/C15H19N3OS/c1-3-16-10(2)14-17-18-15(20-14)12-8-9-19-13-7-5-4-6-11(12)13/h4-7,10,12,16H,3,8-9H2,1-2H3. The van der Waals surface area contributed by atoms with E-state index in [9.17, 15) is 0 Å². The molecule has 5 heteroatoms. The predicted molar refractivity (Wildman–Crippen MR) is 80.4 cm³/mol. The van der Waals surface area contributed by atoms with Crippen LogP contribution in [0.3, 0.4) is 0 Å². The third-order valence-corrected chi connectivity index (χ3v) is 4.81. The molecule has 0 bridgehead atoms. The van der Waals surface area contributed by atoms with E-state index in [0.29, 0.717) is 5.92 Å². The van der Waals surface area contributed by atoms with Gasteiger partial charge in [-0.1, -0.05) is 36.5 Å². The summed E-state index contributed by atoms with van der Waals surface area (Å²) in [6.45, 7) is 5.93. The van der Waals surface area contributed by atoms with Crippen LogP contribution < -0.4 is 10.1 Å². The predicted octanol–water partition coefficient (Wildman–Crippen LogP) is 3.12. The summed E-state index contributed by atoms with van der Waals surface area (Å²) in [5.41, 5.74) is 1.23. The topological polar surface area (TPSA) is 47.0 Å². The van der Waals surface area contributed by atoms with Crippen LogP contribution in [0.1, 0.15) is 47.8 Å². The average Bonchev–Trinajstić information content (AvgIpc) is 2.97. The molecule has 0 spiro atoms. The molecule has 1 N–H and O–H groups in total. The molecular formula is C15H19N3OS. The lowest BCUT2D eigenvalue weighted by Crippen LogP contribution is -2.17. The van der Waals surface area contributed by atoms with E-state index in [2.05, 4.69) is 41.5 Å². The molecule has 4 nitrogen and oxygen atoms in total. The van der Waals surface area contributed by atoms with E-state index in [4.69, 9.17) is 4.74 Å². The van der Waals surface area contributed by atoms with Gasteiger partial charge in [-0.05, 0) is 26.0 Å². The van der Waals surface area contributed by atoms with Crippen LogP contribution in [-0.4, -0.2) is 23.3 Å². The van der Waals surface area contributed by atoms with Gasteiger partial charge in [0.2, 0.25) is 0 Å². The fourth-order valence-corrected chi connectivity index (χ4v) is 3.58. The van der Waals surface area contributed by atoms with Crippen LogP contribution in [0, 0.1) is 0 Å². The van der Waals surface area contributed by atoms with E-state index >= 15 is 0 Å². The van der Waals surface area contributed by atoms with E-state index in [0.717, 1.165) is 35.3 Å². The third kappa shape index (κ3) is 2.55. The Balaban J connectivity index is 1.87. The van der Waals surface area contributed by atoms with Gasteiger partial charge in [-0.2, -0.15) is 0 Å². The first-order valence-corrected chi connectivity index (χ1v) is 7.89. The van der Waals surface area contributed by atoms with Gasteiger partial charge in [0.05, 0.1) is 12.6 Å². The van der Waals surface area contributed by atoms with Crippen molar-refractivity contribution >= 4 is 11.3 Å². The summed E-state index contributed by atoms with van der Waals surface area (Å²) in [5.74, 6) is 1.31. The summed E-state index contributed by atoms with van der Waals surface area (Å²) < 4.78 is 5.71. The molecule has 1 aromatic heterocycles. The number of rotatable bonds is 4. The van der Waals surface area contributed by atoms with Crippen molar-refractivity contribution in [3.8, 4) is 5.75 Å². The first kappa shape index (κ1) is 13.5. The Bertz CT molecular complexity index is 584. The fourth-order valence-electron chi connectivity index (χ4n) is 2.55. The highest BCUT2D eigenvalue weighted by Crippen LogP contribution is 2.39. The Morgan fingerprint density at radius 2 is 2.25 bits per heavy atom. The number of hydrogen-bond acceptors (Lipinski definition) is 5. The second kappa shape index (κ2) is 5.89. The number of para-hydroxylation sites is 1. The van der Waals surface area contributed by atoms with Crippen LogP contribution in [0.5, 0.6) is 5.75 Å². The molecule has 2 aromatic rings. The summed E-state index contributed by atoms with van der Waals surface area (Å²) in [4.78, 5) is 0. The Morgan fingerprint density at radius 1 is 1.40 bits per heavy atom. The van der Waals surface area contributed by atoms with Crippen LogP contribution >= 0.6 is 11.3 Å². The van der Waals surface area contributed by atoms with Crippen molar-refractivity contribution in [1.82, 2.24) is 15.5 Å². The first-order valence-electron chi connectivity index (χ1n) is 7.08. The van der Waals surface area contributed by atoms with E-state index < -0.39 is 0 Å². The van der Waals surface area contributed by atoms with Crippen LogP contribution in [0.2, 0.25) is 0 Å². The number of hydrogen-bond donors (Lipinski definition) is 1. The molecule has 1 aliphatic rings. The molecule has 1 aliphatic heterocycles. The smallest absolute Gasteiger partial charge is 0.134 e. The lowest BCUT2D eigenvalue weighted by atomic mass is 9.94. The van der Waals surface area contributed by atoms with Gasteiger partial charge in [0, 0.05) is 11.5 Å². The third-order valence-electron chi connectivity index (χ3n) is 3.59. The van der Waals surface area contributed by atoms with Crippen molar-refractivity contribution in [2.75, 3.05) is 13.2 Å². The van der Waals surface area contributed by atoms with Crippen molar-refractivity contribution in [3.63, 3.8) is 0 Å². The summed E-state index contributed by atoms with van der Waals surface area (Å²) in [6, 6.07) is 8.50. The first-order chi connectivity index (χ1) is 9.79. The summed E-state index contributed by atoms with van der Waals surface area (Å²) in [5, 5.41) is 14.3. The van der Waals surface area contributed by atoms with E-state index in [-0.39, 0.29) is 6.04 Å². The molecule has 2 atom stereocenters. The molecule has 2 heterocycles. The average molecular weight is 289 g/mol. The molecule has 0 saturated heterocycles. The monoisotopic (exact) mass is 289 g/mol. The van der Waals surface area contributed by atoms with Crippen molar-refractivity contribution < 1.29 is 4.74 Å². The van der Waals surface area contributed by atoms with Crippen LogP contribution in [0.25, 0.3) is 0 Å². The molecule has 0 amide bonds. The normalized spacial score (nSPS) is 19.2. The van der Waals surface area contributed by atoms with E-state index in [1.54, 1.807) is 11.3 Å². The Kier molecular flexibility index (Phi) is 3.98. The van der Waals surface area contributed by atoms with Crippen molar-refractivity contribution in [3.05, 3.63) is 39.8 Å². The Morgan fingerprint density at radius 3 is 3.10 bits per heavy atom. The Hall–Kier alpha value is -1.46. The molecule has 3 rings (SSSR count). The number of aromatic nitrogens is 2. The molecule has 2 unspecified atom stereocenters. The number of nitrogens with one attached hydrogen (secondary N) is 1. The highest BCUT2D eigenvalue weighted by molar-refractivity contribution is 7.11. The maximum absolute atomic E-state index is 5.71. The lowest BCUT2D eigenvalue weighted by molar-refractivity contribution is 0.276. The quantitative estimate of drug-likeness (QED) is 0.939. The molecule has 0 saturated carbocycles. The summed E-state index contributed by atoms with van der Waals surface area (Å²) in [6.07, 6.45) is 0.973. The second-order valence-corrected chi connectivity index (χ2v) is 6.03. The van der Waals surface area contributed by atoms with Gasteiger partial charge >= 0.3 is 0 Å². The van der Waals surface area contributed by atoms with Crippen LogP contribution in [-0.2, 0) is 0 Å². The van der Waals surface area contributed by atoms with Gasteiger partial charge < -0.3 is 10.1 Å². The molecule has 0 aliphatic carbocycles. The van der Waals surface area contributed by atoms with Gasteiger partial charge in [0.1, 0.15) is 15.8 Å². The summed E-state index contributed by atoms with van der Waals surface area (Å²) >= 11 is 1.71. The zero-order valence-electron chi connectivity index (χ0n) is 11.8. The SMILES string of the molecule is CCNC(C)c1nnc(C2CCOc3ccccc32)s1. The Labute approximate surface area is 123 Å². The highest BCUT2D eigenvalue weighted by atomic mass is 32.1. The number of nitrogens with zero attached hydrogens (tertiary/aromatic N) is 2. The van der Waals surface area contributed by atoms with Gasteiger partial charge in [-0.15, -0.1) is 10.2 Å². The highest BCUT2D eigenvalue weighted by Gasteiger charge is 2.26. The minimum atomic E-state index is 0.265. The van der Waals surface area contributed by atoms with Crippen LogP contribution in [0.15, 0.2) is 24.3 Å². The second-order valence-electron chi connectivity index (χ2n) is 4.99. The summed E-state index contributed by atoms with van der Waals surface area (Å²) in [7, 11) is 0. The molecule has 0 radical (unpaired) electrons. The minimum Gasteiger partial charge on any atom is -0.493 e. The minimum absolute atomic E-state index is 0.265. The van der Waals surface area contributed by atoms with Crippen LogP contribution in [0.4, 0.5) is 0 Å². The molecule has 106 valence electrons. The largest absolute Gasteiger partial charge is 0.493 e. The molecule has 1 aromatic carbocycles. The molecular weight excluding hydrogens is 270 g/mol. The maximum Gasteiger partial charge on any atom is 0.134 e. The lowest BCUT2D eigenvalue weighted by Gasteiger charge is -2.23. The molecule has 0 fully saturated rings. The van der Waals surface area contributed by atoms with E-state index in [1.165, 1.54) is 5.56 Å². The zero-order chi connectivity index (χ0) is 13.9. The fraction of sp³-hybridized carbons (Fsp3) is 0.467. The number of benzene rings is 1. The number of ether oxygens (including phenoxy) is 1.